The molecule has 472 valence electrons. The summed E-state index contributed by atoms with van der Waals surface area (Å²) < 4.78 is 145. The van der Waals surface area contributed by atoms with Gasteiger partial charge in [0.05, 0.1) is 151 Å². The fraction of sp³-hybridized carbons (Fsp3) is 0.564. The molecule has 1 aromatic heterocycles. The number of benzene rings is 2. The van der Waals surface area contributed by atoms with Crippen molar-refractivity contribution in [2.75, 3.05) is 158 Å². The van der Waals surface area contributed by atoms with Crippen LogP contribution in [0.4, 0.5) is 23.2 Å². The number of hydrogen-bond acceptors (Lipinski definition) is 21. The van der Waals surface area contributed by atoms with Crippen LogP contribution in [0, 0.1) is 23.3 Å². The highest BCUT2D eigenvalue weighted by atomic mass is 32.2. The van der Waals surface area contributed by atoms with E-state index in [0.29, 0.717) is 136 Å². The van der Waals surface area contributed by atoms with Crippen molar-refractivity contribution < 1.29 is 107 Å². The van der Waals surface area contributed by atoms with Crippen LogP contribution in [0.3, 0.4) is 0 Å². The van der Waals surface area contributed by atoms with Crippen LogP contribution < -0.4 is 15.8 Å². The summed E-state index contributed by atoms with van der Waals surface area (Å²) in [6, 6.07) is 8.44. The Kier molecular flexibility index (Phi) is 31.2. The summed E-state index contributed by atoms with van der Waals surface area (Å²) in [5.41, 5.74) is 9.83. The Morgan fingerprint density at radius 2 is 1.19 bits per heavy atom. The Morgan fingerprint density at radius 1 is 0.694 bits per heavy atom. The van der Waals surface area contributed by atoms with Crippen molar-refractivity contribution in [2.45, 2.75) is 50.5 Å². The molecule has 2 aliphatic rings. The van der Waals surface area contributed by atoms with Crippen molar-refractivity contribution in [1.82, 2.24) is 20.3 Å². The second-order valence-electron chi connectivity index (χ2n) is 18.3. The van der Waals surface area contributed by atoms with Gasteiger partial charge in [-0.3, -0.25) is 33.6 Å². The highest BCUT2D eigenvalue weighted by molar-refractivity contribution is 7.85. The average molecular weight is 1230 g/mol. The minimum Gasteiger partial charge on any atom is -0.420 e. The Balaban J connectivity index is 0.755. The molecule has 2 aromatic carbocycles. The number of fused-ring (bicyclic) bond motifs is 1. The molecule has 4 N–H and O–H groups in total. The summed E-state index contributed by atoms with van der Waals surface area (Å²) >= 11 is 0. The standard InChI is InChI=1S/C55H74F4N6O19S/c1-3-12-65(83-4-2)54(68)41-34-39-6-5-38(35-43(39)63-45(60)36-41)40-7-8-42(62-37-40)55(69)64-13-9-44(64)53(67)61-11-15-74-17-19-76-21-23-78-25-27-80-29-31-82-33-32-81-30-28-79-26-24-77-22-20-75-18-16-73-14-10-46(66)84-51-47(56)49(58)52(85(70,71)72)50(59)48(51)57/h5-8,34-35,37,44H,3-4,9-33,36H2,1-2H3,(H2,60,63)(H,61,67)(H,70,71,72). The topological polar surface area (TPSA) is 303 Å². The van der Waals surface area contributed by atoms with Gasteiger partial charge in [-0.05, 0) is 43.5 Å². The van der Waals surface area contributed by atoms with Crippen molar-refractivity contribution >= 4 is 51.4 Å². The molecule has 3 heterocycles. The number of ether oxygens (including phenoxy) is 11. The van der Waals surface area contributed by atoms with E-state index in [1.165, 1.54) is 9.96 Å². The molecule has 0 spiro atoms. The van der Waals surface area contributed by atoms with Crippen LogP contribution in [0.25, 0.3) is 17.2 Å². The number of nitrogens with two attached hydrogens (primary N) is 1. The normalized spacial score (nSPS) is 14.1. The summed E-state index contributed by atoms with van der Waals surface area (Å²) in [7, 11) is -5.65. The van der Waals surface area contributed by atoms with E-state index in [9.17, 15) is 45.2 Å². The summed E-state index contributed by atoms with van der Waals surface area (Å²) in [5.74, 6) is -13.2. The number of pyridine rings is 1. The number of likely N-dealkylation sites (tertiary alicyclic amines) is 1. The molecule has 3 aromatic rings. The lowest BCUT2D eigenvalue weighted by atomic mass is 10.0. The van der Waals surface area contributed by atoms with E-state index in [1.807, 2.05) is 32.0 Å². The van der Waals surface area contributed by atoms with Gasteiger partial charge in [-0.2, -0.15) is 17.2 Å². The molecule has 1 unspecified atom stereocenters. The Labute approximate surface area is 489 Å². The van der Waals surface area contributed by atoms with Gasteiger partial charge in [-0.25, -0.2) is 18.8 Å². The van der Waals surface area contributed by atoms with Gasteiger partial charge < -0.3 is 68.1 Å². The van der Waals surface area contributed by atoms with Gasteiger partial charge in [0, 0.05) is 49.0 Å². The summed E-state index contributed by atoms with van der Waals surface area (Å²) in [6.45, 7) is 11.0. The monoisotopic (exact) mass is 1230 g/mol. The Bertz CT molecular complexity index is 2750. The molecule has 3 amide bonds. The van der Waals surface area contributed by atoms with Crippen molar-refractivity contribution in [3.8, 4) is 16.9 Å². The summed E-state index contributed by atoms with van der Waals surface area (Å²) in [6.07, 6.45) is 4.26. The number of halogens is 4. The molecule has 2 aliphatic heterocycles. The number of hydroxylamine groups is 2. The molecule has 0 saturated carbocycles. The van der Waals surface area contributed by atoms with Crippen LogP contribution in [0.15, 0.2) is 52.0 Å². The van der Waals surface area contributed by atoms with Gasteiger partial charge in [0.25, 0.3) is 11.8 Å². The first kappa shape index (κ1) is 69.6. The van der Waals surface area contributed by atoms with E-state index in [2.05, 4.69) is 20.0 Å². The molecule has 0 radical (unpaired) electrons. The molecule has 5 rings (SSSR count). The lowest BCUT2D eigenvalue weighted by Gasteiger charge is -2.39. The number of hydrogen-bond donors (Lipinski definition) is 3. The van der Waals surface area contributed by atoms with Crippen molar-refractivity contribution in [3.05, 3.63) is 76.6 Å². The highest BCUT2D eigenvalue weighted by Crippen LogP contribution is 2.34. The Hall–Kier alpha value is -6.13. The summed E-state index contributed by atoms with van der Waals surface area (Å²) in [4.78, 5) is 65.2. The molecular weight excluding hydrogens is 1160 g/mol. The van der Waals surface area contributed by atoms with Gasteiger partial charge in [0.2, 0.25) is 23.3 Å². The lowest BCUT2D eigenvalue weighted by molar-refractivity contribution is -0.180. The maximum Gasteiger partial charge on any atom is 0.313 e. The number of amidine groups is 1. The van der Waals surface area contributed by atoms with Crippen molar-refractivity contribution in [3.63, 3.8) is 0 Å². The third-order valence-corrected chi connectivity index (χ3v) is 13.0. The van der Waals surface area contributed by atoms with E-state index in [4.69, 9.17) is 62.5 Å². The number of carbonyl (C=O) groups excluding carboxylic acids is 4. The molecule has 85 heavy (non-hydrogen) atoms. The van der Waals surface area contributed by atoms with Gasteiger partial charge in [0.1, 0.15) is 17.6 Å². The number of rotatable bonds is 43. The lowest BCUT2D eigenvalue weighted by Crippen LogP contribution is -2.58. The Morgan fingerprint density at radius 3 is 1.64 bits per heavy atom. The average Bonchev–Trinajstić information content (AvgIpc) is 1.70. The molecular formula is C55H74F4N6O19S. The van der Waals surface area contributed by atoms with E-state index in [-0.39, 0.29) is 76.0 Å². The quantitative estimate of drug-likeness (QED) is 0.0137. The van der Waals surface area contributed by atoms with Crippen molar-refractivity contribution in [1.29, 1.82) is 0 Å². The molecule has 1 atom stereocenters. The third-order valence-electron chi connectivity index (χ3n) is 12.1. The molecule has 25 nitrogen and oxygen atoms in total. The predicted octanol–water partition coefficient (Wildman–Crippen LogP) is 4.01. The van der Waals surface area contributed by atoms with Gasteiger partial charge in [0.15, 0.2) is 16.5 Å². The van der Waals surface area contributed by atoms with Crippen LogP contribution in [-0.2, 0) is 76.7 Å². The van der Waals surface area contributed by atoms with Gasteiger partial charge in [-0.15, -0.1) is 0 Å². The van der Waals surface area contributed by atoms with E-state index >= 15 is 0 Å². The zero-order chi connectivity index (χ0) is 61.4. The van der Waals surface area contributed by atoms with Crippen LogP contribution >= 0.6 is 0 Å². The first-order valence-electron chi connectivity index (χ1n) is 27.5. The molecule has 1 saturated heterocycles. The number of nitrogens with zero attached hydrogens (tertiary/aromatic N) is 4. The first-order chi connectivity index (χ1) is 41.0. The number of carbonyl (C=O) groups is 4. The largest absolute Gasteiger partial charge is 0.420 e. The third kappa shape index (κ3) is 23.6. The van der Waals surface area contributed by atoms with Crippen LogP contribution in [0.1, 0.15) is 55.6 Å². The minimum absolute atomic E-state index is 0.0130. The highest BCUT2D eigenvalue weighted by Gasteiger charge is 2.38. The molecule has 1 fully saturated rings. The molecule has 0 aliphatic carbocycles. The fourth-order valence-electron chi connectivity index (χ4n) is 7.87. The van der Waals surface area contributed by atoms with E-state index in [0.717, 1.165) is 23.1 Å². The second kappa shape index (κ2) is 38.1. The maximum atomic E-state index is 14.0. The molecule has 0 bridgehead atoms. The van der Waals surface area contributed by atoms with Crippen LogP contribution in [0.2, 0.25) is 0 Å². The van der Waals surface area contributed by atoms with Crippen LogP contribution in [0.5, 0.6) is 5.75 Å². The zero-order valence-corrected chi connectivity index (χ0v) is 48.3. The predicted molar refractivity (Wildman–Crippen MR) is 294 cm³/mol. The first-order valence-corrected chi connectivity index (χ1v) is 29.0. The molecule has 30 heteroatoms. The smallest absolute Gasteiger partial charge is 0.313 e. The second-order valence-corrected chi connectivity index (χ2v) is 19.7. The minimum atomic E-state index is -5.65. The number of esters is 1. The number of nitrogens with one attached hydrogen (secondary N) is 1. The fourth-order valence-corrected chi connectivity index (χ4v) is 8.50. The van der Waals surface area contributed by atoms with Crippen LogP contribution in [-0.4, -0.2) is 222 Å². The van der Waals surface area contributed by atoms with E-state index < -0.39 is 62.5 Å². The number of aromatic nitrogens is 1. The van der Waals surface area contributed by atoms with Crippen molar-refractivity contribution in [2.24, 2.45) is 10.7 Å². The SMILES string of the molecule is CCCN(OCC)C(=O)C1=Cc2ccc(-c3ccc(C(=O)N4CCC4C(=O)NCCOCCOCCOCCOCCOCCOCCOCCOCCOCCOCCC(=O)Oc4c(F)c(F)c(S(=O)(=O)O)c(F)c4F)nc3)cc2N=C(N)C1. The number of aliphatic imine (C=N–C) groups is 1. The van der Waals surface area contributed by atoms with Gasteiger partial charge in [-0.1, -0.05) is 25.1 Å². The summed E-state index contributed by atoms with van der Waals surface area (Å²) in [5, 5.41) is 4.19. The number of amides is 3. The van der Waals surface area contributed by atoms with Gasteiger partial charge >= 0.3 is 16.1 Å². The zero-order valence-electron chi connectivity index (χ0n) is 47.5. The van der Waals surface area contributed by atoms with E-state index in [1.54, 1.807) is 24.4 Å². The maximum absolute atomic E-state index is 14.0.